The Morgan fingerprint density at radius 2 is 2.23 bits per heavy atom. The lowest BCUT2D eigenvalue weighted by atomic mass is 10.4. The summed E-state index contributed by atoms with van der Waals surface area (Å²) in [4.78, 5) is 8.26. The quantitative estimate of drug-likeness (QED) is 0.664. The second-order valence-corrected chi connectivity index (χ2v) is 2.58. The van der Waals surface area contributed by atoms with Crippen molar-refractivity contribution >= 4 is 17.7 Å². The number of rotatable bonds is 3. The zero-order chi connectivity index (χ0) is 9.84. The Labute approximate surface area is 77.5 Å². The third kappa shape index (κ3) is 2.15. The van der Waals surface area contributed by atoms with E-state index >= 15 is 0 Å². The molecule has 0 saturated carbocycles. The summed E-state index contributed by atoms with van der Waals surface area (Å²) in [6, 6.07) is 0. The highest BCUT2D eigenvalue weighted by Gasteiger charge is 2.05. The van der Waals surface area contributed by atoms with Crippen LogP contribution in [0.25, 0.3) is 6.08 Å². The summed E-state index contributed by atoms with van der Waals surface area (Å²) in [5.74, 6) is 1.08. The lowest BCUT2D eigenvalue weighted by molar-refractivity contribution is 0.531. The summed E-state index contributed by atoms with van der Waals surface area (Å²) in [5, 5.41) is 0. The maximum atomic E-state index is 5.26. The Morgan fingerprint density at radius 1 is 1.54 bits per heavy atom. The van der Waals surface area contributed by atoms with Crippen molar-refractivity contribution in [3.63, 3.8) is 0 Å². The molecule has 0 unspecified atom stereocenters. The van der Waals surface area contributed by atoms with Crippen molar-refractivity contribution in [2.45, 2.75) is 13.8 Å². The molecule has 0 bridgehead atoms. The van der Waals surface area contributed by atoms with Crippen LogP contribution in [0.4, 0.5) is 5.88 Å². The van der Waals surface area contributed by atoms with Gasteiger partial charge >= 0.3 is 0 Å². The minimum Gasteiger partial charge on any atom is -0.423 e. The molecule has 0 fully saturated rings. The van der Waals surface area contributed by atoms with Crippen molar-refractivity contribution in [2.24, 2.45) is 4.99 Å². The van der Waals surface area contributed by atoms with Crippen molar-refractivity contribution in [1.82, 2.24) is 4.98 Å². The van der Waals surface area contributed by atoms with Gasteiger partial charge in [0.1, 0.15) is 5.69 Å². The van der Waals surface area contributed by atoms with Crippen molar-refractivity contribution in [3.05, 3.63) is 30.8 Å². The molecular formula is C10H12N2O. The standard InChI is InChI=1S/C10H12N2O/c1-5-7(3)11-10-9(6-2)12-8(4)13-10/h5-6H,1-2H2,3-4H3/b11-7-. The van der Waals surface area contributed by atoms with Gasteiger partial charge in [-0.05, 0) is 19.1 Å². The largest absolute Gasteiger partial charge is 0.423 e. The van der Waals surface area contributed by atoms with E-state index in [1.54, 1.807) is 19.1 Å². The van der Waals surface area contributed by atoms with Gasteiger partial charge in [-0.15, -0.1) is 0 Å². The van der Waals surface area contributed by atoms with Gasteiger partial charge in [0.05, 0.1) is 0 Å². The fourth-order valence-electron chi connectivity index (χ4n) is 0.851. The molecular weight excluding hydrogens is 164 g/mol. The smallest absolute Gasteiger partial charge is 0.247 e. The summed E-state index contributed by atoms with van der Waals surface area (Å²) >= 11 is 0. The van der Waals surface area contributed by atoms with Crippen LogP contribution in [0.2, 0.25) is 0 Å². The van der Waals surface area contributed by atoms with Crippen molar-refractivity contribution in [2.75, 3.05) is 0 Å². The number of hydrogen-bond donors (Lipinski definition) is 0. The Balaban J connectivity index is 3.13. The highest BCUT2D eigenvalue weighted by molar-refractivity contribution is 5.94. The van der Waals surface area contributed by atoms with E-state index in [-0.39, 0.29) is 0 Å². The predicted octanol–water partition coefficient (Wildman–Crippen LogP) is 2.90. The van der Waals surface area contributed by atoms with Crippen molar-refractivity contribution < 1.29 is 4.42 Å². The second-order valence-electron chi connectivity index (χ2n) is 2.58. The van der Waals surface area contributed by atoms with Crippen LogP contribution in [0, 0.1) is 6.92 Å². The number of oxazole rings is 1. The number of aliphatic imine (C=N–C) groups is 1. The van der Waals surface area contributed by atoms with Crippen LogP contribution in [-0.4, -0.2) is 10.7 Å². The average molecular weight is 176 g/mol. The van der Waals surface area contributed by atoms with Crippen LogP contribution >= 0.6 is 0 Å². The van der Waals surface area contributed by atoms with Crippen LogP contribution in [0.3, 0.4) is 0 Å². The molecule has 1 aromatic heterocycles. The van der Waals surface area contributed by atoms with Gasteiger partial charge in [0.2, 0.25) is 5.88 Å². The topological polar surface area (TPSA) is 38.4 Å². The van der Waals surface area contributed by atoms with E-state index in [4.69, 9.17) is 4.42 Å². The highest BCUT2D eigenvalue weighted by Crippen LogP contribution is 2.21. The molecule has 0 amide bonds. The zero-order valence-electron chi connectivity index (χ0n) is 7.87. The van der Waals surface area contributed by atoms with E-state index < -0.39 is 0 Å². The van der Waals surface area contributed by atoms with Gasteiger partial charge in [-0.1, -0.05) is 13.2 Å². The van der Waals surface area contributed by atoms with Crippen molar-refractivity contribution in [3.8, 4) is 0 Å². The molecule has 3 heteroatoms. The third-order valence-electron chi connectivity index (χ3n) is 1.51. The maximum Gasteiger partial charge on any atom is 0.247 e. The summed E-state index contributed by atoms with van der Waals surface area (Å²) in [6.45, 7) is 10.8. The molecule has 0 radical (unpaired) electrons. The molecule has 0 aromatic carbocycles. The second kappa shape index (κ2) is 3.85. The molecule has 1 heterocycles. The first kappa shape index (κ1) is 9.45. The van der Waals surface area contributed by atoms with Gasteiger partial charge in [0.25, 0.3) is 0 Å². The Morgan fingerprint density at radius 3 is 2.77 bits per heavy atom. The van der Waals surface area contributed by atoms with Crippen LogP contribution in [-0.2, 0) is 0 Å². The van der Waals surface area contributed by atoms with Crippen LogP contribution in [0.15, 0.2) is 28.6 Å². The Kier molecular flexibility index (Phi) is 2.80. The van der Waals surface area contributed by atoms with Crippen LogP contribution in [0.1, 0.15) is 18.5 Å². The van der Waals surface area contributed by atoms with E-state index in [9.17, 15) is 0 Å². The molecule has 68 valence electrons. The van der Waals surface area contributed by atoms with Gasteiger partial charge in [-0.2, -0.15) is 0 Å². The van der Waals surface area contributed by atoms with E-state index in [0.29, 0.717) is 17.5 Å². The first-order valence-corrected chi connectivity index (χ1v) is 3.95. The molecule has 0 N–H and O–H groups in total. The highest BCUT2D eigenvalue weighted by atomic mass is 16.4. The van der Waals surface area contributed by atoms with Crippen LogP contribution in [0.5, 0.6) is 0 Å². The molecule has 13 heavy (non-hydrogen) atoms. The lowest BCUT2D eigenvalue weighted by Gasteiger charge is -1.89. The molecule has 0 aliphatic carbocycles. The number of nitrogens with zero attached hydrogens (tertiary/aromatic N) is 2. The molecule has 0 saturated heterocycles. The normalized spacial score (nSPS) is 11.4. The van der Waals surface area contributed by atoms with Crippen molar-refractivity contribution in [1.29, 1.82) is 0 Å². The monoisotopic (exact) mass is 176 g/mol. The van der Waals surface area contributed by atoms with Gasteiger partial charge in [0, 0.05) is 12.6 Å². The molecule has 0 spiro atoms. The average Bonchev–Trinajstić information content (AvgIpc) is 2.46. The van der Waals surface area contributed by atoms with Crippen LogP contribution < -0.4 is 0 Å². The Bertz CT molecular complexity index is 361. The fraction of sp³-hybridized carbons (Fsp3) is 0.200. The first-order chi connectivity index (χ1) is 6.17. The molecule has 0 atom stereocenters. The van der Waals surface area contributed by atoms with Gasteiger partial charge < -0.3 is 4.42 Å². The van der Waals surface area contributed by atoms with Gasteiger partial charge in [-0.25, -0.2) is 9.98 Å². The summed E-state index contributed by atoms with van der Waals surface area (Å²) in [5.41, 5.74) is 1.46. The summed E-state index contributed by atoms with van der Waals surface area (Å²) in [6.07, 6.45) is 3.27. The minimum absolute atomic E-state index is 0.491. The predicted molar refractivity (Wildman–Crippen MR) is 54.3 cm³/mol. The zero-order valence-corrected chi connectivity index (χ0v) is 7.87. The first-order valence-electron chi connectivity index (χ1n) is 3.95. The van der Waals surface area contributed by atoms with E-state index in [0.717, 1.165) is 5.71 Å². The van der Waals surface area contributed by atoms with E-state index in [1.807, 2.05) is 6.92 Å². The number of aromatic nitrogens is 1. The molecule has 1 aromatic rings. The van der Waals surface area contributed by atoms with E-state index in [2.05, 4.69) is 23.1 Å². The molecule has 1 rings (SSSR count). The molecule has 3 nitrogen and oxygen atoms in total. The fourth-order valence-corrected chi connectivity index (χ4v) is 0.851. The number of hydrogen-bond acceptors (Lipinski definition) is 3. The Hall–Kier alpha value is -1.64. The summed E-state index contributed by atoms with van der Waals surface area (Å²) < 4.78 is 5.26. The van der Waals surface area contributed by atoms with Gasteiger partial charge in [0.15, 0.2) is 5.89 Å². The molecule has 0 aliphatic heterocycles. The minimum atomic E-state index is 0.491. The lowest BCUT2D eigenvalue weighted by Crippen LogP contribution is -1.81. The van der Waals surface area contributed by atoms with E-state index in [1.165, 1.54) is 0 Å². The number of allylic oxidation sites excluding steroid dienone is 1. The third-order valence-corrected chi connectivity index (χ3v) is 1.51. The maximum absolute atomic E-state index is 5.26. The number of aryl methyl sites for hydroxylation is 1. The SMILES string of the molecule is C=C/C(C)=N\c1oc(C)nc1C=C. The molecule has 0 aliphatic rings. The summed E-state index contributed by atoms with van der Waals surface area (Å²) in [7, 11) is 0. The van der Waals surface area contributed by atoms with Gasteiger partial charge in [-0.3, -0.25) is 0 Å².